The number of nitrogens with zero attached hydrogens (tertiary/aromatic N) is 2. The summed E-state index contributed by atoms with van der Waals surface area (Å²) in [5, 5.41) is 13.5. The molecule has 1 unspecified atom stereocenters. The fourth-order valence-electron chi connectivity index (χ4n) is 3.77. The SMILES string of the molecule is CC(C)COc1ccc(C([O-])=C2C(=O)C(=O)N(Cc3ccc[nH+]c3)C2c2ccncc2)cc1. The van der Waals surface area contributed by atoms with Gasteiger partial charge in [-0.15, -0.1) is 0 Å². The molecule has 1 N–H and O–H groups in total. The van der Waals surface area contributed by atoms with Gasteiger partial charge in [-0.05, 0) is 47.4 Å². The number of carbonyl (C=O) groups is 2. The Balaban J connectivity index is 1.74. The molecule has 1 atom stereocenters. The van der Waals surface area contributed by atoms with Crippen LogP contribution in [0.25, 0.3) is 5.76 Å². The molecule has 0 spiro atoms. The molecule has 168 valence electrons. The highest BCUT2D eigenvalue weighted by Crippen LogP contribution is 2.39. The summed E-state index contributed by atoms with van der Waals surface area (Å²) in [5.74, 6) is -0.916. The predicted octanol–water partition coefficient (Wildman–Crippen LogP) is 2.35. The van der Waals surface area contributed by atoms with E-state index in [1.807, 2.05) is 12.1 Å². The van der Waals surface area contributed by atoms with Crippen LogP contribution in [-0.2, 0) is 16.1 Å². The van der Waals surface area contributed by atoms with Crippen LogP contribution in [0.2, 0.25) is 0 Å². The van der Waals surface area contributed by atoms with Crippen molar-refractivity contribution >= 4 is 17.4 Å². The summed E-state index contributed by atoms with van der Waals surface area (Å²) in [4.78, 5) is 34.5. The van der Waals surface area contributed by atoms with Crippen molar-refractivity contribution in [2.75, 3.05) is 6.61 Å². The van der Waals surface area contributed by atoms with E-state index in [4.69, 9.17) is 4.74 Å². The van der Waals surface area contributed by atoms with Crippen molar-refractivity contribution in [1.82, 2.24) is 9.88 Å². The highest BCUT2D eigenvalue weighted by atomic mass is 16.5. The summed E-state index contributed by atoms with van der Waals surface area (Å²) in [7, 11) is 0. The van der Waals surface area contributed by atoms with Gasteiger partial charge >= 0.3 is 0 Å². The van der Waals surface area contributed by atoms with Crippen LogP contribution < -0.4 is 14.8 Å². The maximum absolute atomic E-state index is 13.5. The average Bonchev–Trinajstić information content (AvgIpc) is 3.09. The van der Waals surface area contributed by atoms with E-state index in [9.17, 15) is 14.7 Å². The number of carbonyl (C=O) groups excluding carboxylic acids is 2. The standard InChI is InChI=1S/C26H25N3O4/c1-17(2)16-33-21-7-5-20(6-8-21)24(30)22-23(19-9-12-27-13-10-19)29(26(32)25(22)31)15-18-4-3-11-28-14-18/h3-14,17,23,30H,15-16H2,1-2H3. The van der Waals surface area contributed by atoms with Gasteiger partial charge in [0.1, 0.15) is 5.75 Å². The molecule has 4 rings (SSSR count). The third-order valence-electron chi connectivity index (χ3n) is 5.38. The highest BCUT2D eigenvalue weighted by molar-refractivity contribution is 6.46. The molecule has 33 heavy (non-hydrogen) atoms. The molecule has 1 aliphatic heterocycles. The van der Waals surface area contributed by atoms with E-state index >= 15 is 0 Å². The number of Topliss-reactive ketones (excluding diaryl/α,β-unsaturated/α-hetero) is 1. The largest absolute Gasteiger partial charge is 0.872 e. The summed E-state index contributed by atoms with van der Waals surface area (Å²) >= 11 is 0. The number of benzene rings is 1. The van der Waals surface area contributed by atoms with E-state index in [2.05, 4.69) is 23.8 Å². The zero-order valence-corrected chi connectivity index (χ0v) is 18.5. The van der Waals surface area contributed by atoms with Gasteiger partial charge < -0.3 is 14.7 Å². The van der Waals surface area contributed by atoms with Crippen LogP contribution in [0.3, 0.4) is 0 Å². The van der Waals surface area contributed by atoms with Gasteiger partial charge in [0.2, 0.25) is 5.78 Å². The summed E-state index contributed by atoms with van der Waals surface area (Å²) in [6, 6.07) is 13.0. The van der Waals surface area contributed by atoms with E-state index in [0.29, 0.717) is 29.4 Å². The normalized spacial score (nSPS) is 17.5. The van der Waals surface area contributed by atoms with Crippen LogP contribution in [0.15, 0.2) is 78.9 Å². The molecule has 0 aliphatic carbocycles. The van der Waals surface area contributed by atoms with E-state index in [0.717, 1.165) is 5.56 Å². The van der Waals surface area contributed by atoms with Crippen molar-refractivity contribution in [3.63, 3.8) is 0 Å². The van der Waals surface area contributed by atoms with Crippen molar-refractivity contribution in [2.24, 2.45) is 5.92 Å². The molecule has 3 heterocycles. The Hall–Kier alpha value is -4.00. The number of H-pyrrole nitrogens is 1. The number of ketones is 1. The van der Waals surface area contributed by atoms with E-state index in [-0.39, 0.29) is 12.1 Å². The third kappa shape index (κ3) is 4.77. The van der Waals surface area contributed by atoms with E-state index < -0.39 is 23.5 Å². The molecule has 0 radical (unpaired) electrons. The van der Waals surface area contributed by atoms with Gasteiger partial charge in [-0.2, -0.15) is 0 Å². The molecular weight excluding hydrogens is 418 g/mol. The first kappa shape index (κ1) is 22.2. The van der Waals surface area contributed by atoms with Crippen molar-refractivity contribution in [3.05, 3.63) is 95.6 Å². The Labute approximate surface area is 192 Å². The predicted molar refractivity (Wildman–Crippen MR) is 119 cm³/mol. The number of nitrogens with one attached hydrogen (secondary N) is 1. The molecule has 1 fully saturated rings. The number of hydrogen-bond donors (Lipinski definition) is 0. The molecule has 7 nitrogen and oxygen atoms in total. The van der Waals surface area contributed by atoms with E-state index in [1.54, 1.807) is 61.2 Å². The first-order valence-corrected chi connectivity index (χ1v) is 10.8. The van der Waals surface area contributed by atoms with Crippen LogP contribution in [0, 0.1) is 5.92 Å². The van der Waals surface area contributed by atoms with Gasteiger partial charge in [0, 0.05) is 29.6 Å². The number of hydrogen-bond acceptors (Lipinski definition) is 5. The maximum Gasteiger partial charge on any atom is 0.295 e. The Morgan fingerprint density at radius 2 is 1.85 bits per heavy atom. The Kier molecular flexibility index (Phi) is 6.49. The number of aromatic amines is 1. The van der Waals surface area contributed by atoms with Crippen LogP contribution in [-0.4, -0.2) is 28.2 Å². The number of likely N-dealkylation sites (tertiary alicyclic amines) is 1. The van der Waals surface area contributed by atoms with Gasteiger partial charge in [0.25, 0.3) is 5.91 Å². The lowest BCUT2D eigenvalue weighted by molar-refractivity contribution is -0.378. The number of rotatable bonds is 7. The number of ether oxygens (including phenoxy) is 1. The van der Waals surface area contributed by atoms with Gasteiger partial charge in [-0.1, -0.05) is 31.7 Å². The van der Waals surface area contributed by atoms with Gasteiger partial charge in [-0.3, -0.25) is 14.6 Å². The zero-order valence-electron chi connectivity index (χ0n) is 18.5. The first-order chi connectivity index (χ1) is 16.0. The fourth-order valence-corrected chi connectivity index (χ4v) is 3.77. The second kappa shape index (κ2) is 9.65. The number of amides is 1. The molecule has 3 aromatic rings. The monoisotopic (exact) mass is 443 g/mol. The quantitative estimate of drug-likeness (QED) is 0.317. The zero-order chi connectivity index (χ0) is 23.4. The number of pyridine rings is 2. The lowest BCUT2D eigenvalue weighted by atomic mass is 9.96. The van der Waals surface area contributed by atoms with Crippen LogP contribution in [0.5, 0.6) is 5.75 Å². The molecule has 1 saturated heterocycles. The second-order valence-electron chi connectivity index (χ2n) is 8.33. The molecule has 0 bridgehead atoms. The Morgan fingerprint density at radius 3 is 2.48 bits per heavy atom. The first-order valence-electron chi connectivity index (χ1n) is 10.8. The smallest absolute Gasteiger partial charge is 0.295 e. The molecule has 0 saturated carbocycles. The lowest BCUT2D eigenvalue weighted by Crippen LogP contribution is -2.29. The molecular formula is C26H25N3O4. The third-order valence-corrected chi connectivity index (χ3v) is 5.38. The summed E-state index contributed by atoms with van der Waals surface area (Å²) < 4.78 is 5.68. The lowest BCUT2D eigenvalue weighted by Gasteiger charge is -2.27. The average molecular weight is 444 g/mol. The van der Waals surface area contributed by atoms with Gasteiger partial charge in [-0.25, -0.2) is 4.98 Å². The molecule has 1 amide bonds. The number of aromatic nitrogens is 2. The highest BCUT2D eigenvalue weighted by Gasteiger charge is 2.44. The Morgan fingerprint density at radius 1 is 1.12 bits per heavy atom. The molecule has 2 aromatic heterocycles. The summed E-state index contributed by atoms with van der Waals surface area (Å²) in [5.41, 5.74) is 1.75. The van der Waals surface area contributed by atoms with Gasteiger partial charge in [0.15, 0.2) is 12.4 Å². The Bertz CT molecular complexity index is 1160. The molecule has 1 aromatic carbocycles. The van der Waals surface area contributed by atoms with E-state index in [1.165, 1.54) is 4.90 Å². The molecule has 7 heteroatoms. The summed E-state index contributed by atoms with van der Waals surface area (Å²) in [6.07, 6.45) is 6.69. The molecule has 1 aliphatic rings. The van der Waals surface area contributed by atoms with Crippen molar-refractivity contribution in [3.8, 4) is 5.75 Å². The van der Waals surface area contributed by atoms with Gasteiger partial charge in [0.05, 0.1) is 19.2 Å². The minimum absolute atomic E-state index is 0.0537. The maximum atomic E-state index is 13.5. The fraction of sp³-hybridized carbons (Fsp3) is 0.231. The van der Waals surface area contributed by atoms with Crippen LogP contribution in [0.1, 0.15) is 36.6 Å². The van der Waals surface area contributed by atoms with Crippen molar-refractivity contribution < 1.29 is 24.4 Å². The summed E-state index contributed by atoms with van der Waals surface area (Å²) in [6.45, 7) is 4.85. The topological polar surface area (TPSA) is 96.7 Å². The van der Waals surface area contributed by atoms with Crippen LogP contribution >= 0.6 is 0 Å². The second-order valence-corrected chi connectivity index (χ2v) is 8.33. The van der Waals surface area contributed by atoms with Crippen molar-refractivity contribution in [1.29, 1.82) is 0 Å². The minimum Gasteiger partial charge on any atom is -0.872 e. The van der Waals surface area contributed by atoms with Crippen LogP contribution in [0.4, 0.5) is 0 Å². The minimum atomic E-state index is -0.794. The van der Waals surface area contributed by atoms with Crippen molar-refractivity contribution in [2.45, 2.75) is 26.4 Å².